The minimum absolute atomic E-state index is 0.157. The van der Waals surface area contributed by atoms with Crippen LogP contribution in [0.1, 0.15) is 13.2 Å². The van der Waals surface area contributed by atoms with Crippen LogP contribution in [0.2, 0.25) is 0 Å². The first-order chi connectivity index (χ1) is 11.7. The summed E-state index contributed by atoms with van der Waals surface area (Å²) < 4.78 is 36.7. The second-order valence-electron chi connectivity index (χ2n) is 5.69. The van der Waals surface area contributed by atoms with E-state index >= 15 is 0 Å². The highest BCUT2D eigenvalue weighted by Gasteiger charge is 2.50. The lowest BCUT2D eigenvalue weighted by atomic mass is 10.2. The topological polar surface area (TPSA) is 139 Å². The Bertz CT molecular complexity index is 917. The minimum atomic E-state index is -3.60. The van der Waals surface area contributed by atoms with Crippen molar-refractivity contribution in [2.45, 2.75) is 29.9 Å². The van der Waals surface area contributed by atoms with Crippen molar-refractivity contribution in [3.05, 3.63) is 12.7 Å². The molecule has 1 aliphatic rings. The van der Waals surface area contributed by atoms with Gasteiger partial charge in [0.2, 0.25) is 0 Å². The number of rotatable bonds is 4. The Hall–Kier alpha value is -1.98. The molecular formula is C13H16ClN5O5S. The number of ether oxygens (including phenoxy) is 2. The van der Waals surface area contributed by atoms with E-state index in [1.165, 1.54) is 24.1 Å². The van der Waals surface area contributed by atoms with E-state index in [0.717, 1.165) is 6.26 Å². The standard InChI is InChI=1S/C13H16ClN5O5S/c1-6(20)23-3-7-8(14)10(25(2,21)22)13(24-7)19-5-18-9-11(15)16-4-17-12(9)19/h4-5,7-8,10,13H,3H2,1-2H3,(H2,15,16,17)/t7-,8+,10-,13-/m1/s1. The van der Waals surface area contributed by atoms with Crippen LogP contribution in [-0.4, -0.2) is 63.5 Å². The fraction of sp³-hybridized carbons (Fsp3) is 0.538. The van der Waals surface area contributed by atoms with E-state index in [2.05, 4.69) is 15.0 Å². The van der Waals surface area contributed by atoms with Crippen LogP contribution in [0.5, 0.6) is 0 Å². The second-order valence-corrected chi connectivity index (χ2v) is 8.40. The lowest BCUT2D eigenvalue weighted by Gasteiger charge is -2.19. The maximum absolute atomic E-state index is 12.3. The highest BCUT2D eigenvalue weighted by Crippen LogP contribution is 2.38. The average Bonchev–Trinajstić information content (AvgIpc) is 3.06. The van der Waals surface area contributed by atoms with Gasteiger partial charge in [0, 0.05) is 13.2 Å². The van der Waals surface area contributed by atoms with Crippen molar-refractivity contribution in [2.75, 3.05) is 18.6 Å². The molecule has 3 rings (SSSR count). The third-order valence-electron chi connectivity index (χ3n) is 3.87. The lowest BCUT2D eigenvalue weighted by molar-refractivity contribution is -0.145. The van der Waals surface area contributed by atoms with Gasteiger partial charge in [-0.15, -0.1) is 11.6 Å². The summed E-state index contributed by atoms with van der Waals surface area (Å²) in [5, 5.41) is -2.00. The predicted molar refractivity (Wildman–Crippen MR) is 88.6 cm³/mol. The summed E-state index contributed by atoms with van der Waals surface area (Å²) in [4.78, 5) is 23.1. The van der Waals surface area contributed by atoms with Crippen molar-refractivity contribution in [1.82, 2.24) is 19.5 Å². The summed E-state index contributed by atoms with van der Waals surface area (Å²) in [7, 11) is -3.60. The molecule has 1 saturated heterocycles. The Morgan fingerprint density at radius 1 is 1.44 bits per heavy atom. The molecule has 2 N–H and O–H groups in total. The summed E-state index contributed by atoms with van der Waals surface area (Å²) in [5.74, 6) is -0.350. The molecule has 3 heterocycles. The average molecular weight is 390 g/mol. The Balaban J connectivity index is 2.02. The van der Waals surface area contributed by atoms with Gasteiger partial charge in [-0.1, -0.05) is 0 Å². The first kappa shape index (κ1) is 17.8. The van der Waals surface area contributed by atoms with Crippen molar-refractivity contribution < 1.29 is 22.7 Å². The van der Waals surface area contributed by atoms with Gasteiger partial charge in [0.25, 0.3) is 0 Å². The van der Waals surface area contributed by atoms with Crippen LogP contribution in [0.15, 0.2) is 12.7 Å². The molecule has 2 aromatic heterocycles. The molecule has 0 aromatic carbocycles. The third-order valence-corrected chi connectivity index (χ3v) is 6.09. The first-order valence-corrected chi connectivity index (χ1v) is 9.64. The van der Waals surface area contributed by atoms with E-state index < -0.39 is 38.8 Å². The van der Waals surface area contributed by atoms with E-state index in [1.54, 1.807) is 0 Å². The number of anilines is 1. The molecule has 25 heavy (non-hydrogen) atoms. The van der Waals surface area contributed by atoms with Gasteiger partial charge in [0.15, 0.2) is 27.5 Å². The summed E-state index contributed by atoms with van der Waals surface area (Å²) >= 11 is 6.32. The van der Waals surface area contributed by atoms with Crippen LogP contribution in [0.3, 0.4) is 0 Å². The zero-order chi connectivity index (χ0) is 18.4. The largest absolute Gasteiger partial charge is 0.463 e. The summed E-state index contributed by atoms with van der Waals surface area (Å²) in [6.45, 7) is 1.09. The summed E-state index contributed by atoms with van der Waals surface area (Å²) in [6, 6.07) is 0. The molecule has 4 atom stereocenters. The number of alkyl halides is 1. The summed E-state index contributed by atoms with van der Waals surface area (Å²) in [5.41, 5.74) is 6.40. The Morgan fingerprint density at radius 2 is 2.16 bits per heavy atom. The summed E-state index contributed by atoms with van der Waals surface area (Å²) in [6.07, 6.45) is 1.90. The Labute approximate surface area is 148 Å². The van der Waals surface area contributed by atoms with Crippen LogP contribution in [-0.2, 0) is 24.1 Å². The van der Waals surface area contributed by atoms with Gasteiger partial charge in [-0.25, -0.2) is 23.4 Å². The van der Waals surface area contributed by atoms with E-state index in [9.17, 15) is 13.2 Å². The number of imidazole rings is 1. The smallest absolute Gasteiger partial charge is 0.302 e. The number of carbonyl (C=O) groups excluding carboxylic acids is 1. The Kier molecular flexibility index (Phi) is 4.56. The molecule has 0 spiro atoms. The number of esters is 1. The van der Waals surface area contributed by atoms with Gasteiger partial charge in [-0.3, -0.25) is 9.36 Å². The molecular weight excluding hydrogens is 374 g/mol. The van der Waals surface area contributed by atoms with Crippen LogP contribution in [0.4, 0.5) is 5.82 Å². The monoisotopic (exact) mass is 389 g/mol. The molecule has 0 amide bonds. The lowest BCUT2D eigenvalue weighted by Crippen LogP contribution is -2.35. The zero-order valence-electron chi connectivity index (χ0n) is 13.4. The van der Waals surface area contributed by atoms with Crippen molar-refractivity contribution in [3.8, 4) is 0 Å². The maximum Gasteiger partial charge on any atom is 0.302 e. The van der Waals surface area contributed by atoms with E-state index in [-0.39, 0.29) is 12.4 Å². The van der Waals surface area contributed by atoms with Crippen LogP contribution >= 0.6 is 11.6 Å². The minimum Gasteiger partial charge on any atom is -0.463 e. The molecule has 0 radical (unpaired) electrons. The number of nitrogens with two attached hydrogens (primary N) is 1. The number of sulfone groups is 1. The van der Waals surface area contributed by atoms with Gasteiger partial charge >= 0.3 is 5.97 Å². The van der Waals surface area contributed by atoms with Gasteiger partial charge < -0.3 is 15.2 Å². The van der Waals surface area contributed by atoms with E-state index in [1.807, 2.05) is 0 Å². The fourth-order valence-corrected chi connectivity index (χ4v) is 4.84. The first-order valence-electron chi connectivity index (χ1n) is 7.25. The predicted octanol–water partition coefficient (Wildman–Crippen LogP) is -0.110. The zero-order valence-corrected chi connectivity index (χ0v) is 14.9. The van der Waals surface area contributed by atoms with Gasteiger partial charge in [0.1, 0.15) is 29.8 Å². The van der Waals surface area contributed by atoms with Gasteiger partial charge in [-0.2, -0.15) is 0 Å². The van der Waals surface area contributed by atoms with Crippen molar-refractivity contribution in [3.63, 3.8) is 0 Å². The van der Waals surface area contributed by atoms with Crippen molar-refractivity contribution >= 4 is 44.4 Å². The number of hydrogen-bond acceptors (Lipinski definition) is 9. The Morgan fingerprint density at radius 3 is 2.80 bits per heavy atom. The third kappa shape index (κ3) is 3.26. The molecule has 0 aliphatic carbocycles. The van der Waals surface area contributed by atoms with Crippen LogP contribution in [0.25, 0.3) is 11.2 Å². The highest BCUT2D eigenvalue weighted by molar-refractivity contribution is 7.91. The molecule has 0 bridgehead atoms. The van der Waals surface area contributed by atoms with E-state index in [4.69, 9.17) is 26.8 Å². The molecule has 136 valence electrons. The van der Waals surface area contributed by atoms with Crippen LogP contribution < -0.4 is 5.73 Å². The molecule has 0 unspecified atom stereocenters. The number of fused-ring (bicyclic) bond motifs is 1. The molecule has 10 nitrogen and oxygen atoms in total. The quantitative estimate of drug-likeness (QED) is 0.560. The van der Waals surface area contributed by atoms with Crippen LogP contribution in [0, 0.1) is 0 Å². The molecule has 12 heteroatoms. The highest BCUT2D eigenvalue weighted by atomic mass is 35.5. The van der Waals surface area contributed by atoms with Crippen molar-refractivity contribution in [2.24, 2.45) is 0 Å². The number of carbonyl (C=O) groups is 1. The molecule has 1 aliphatic heterocycles. The van der Waals surface area contributed by atoms with Crippen molar-refractivity contribution in [1.29, 1.82) is 0 Å². The molecule has 0 saturated carbocycles. The number of hydrogen-bond donors (Lipinski definition) is 1. The second kappa shape index (κ2) is 6.39. The number of nitrogens with zero attached hydrogens (tertiary/aromatic N) is 4. The number of nitrogen functional groups attached to an aromatic ring is 1. The number of halogens is 1. The molecule has 1 fully saturated rings. The fourth-order valence-electron chi connectivity index (χ4n) is 2.76. The normalized spacial score (nSPS) is 26.8. The molecule has 2 aromatic rings. The van der Waals surface area contributed by atoms with E-state index in [0.29, 0.717) is 11.2 Å². The van der Waals surface area contributed by atoms with Gasteiger partial charge in [-0.05, 0) is 0 Å². The SMILES string of the molecule is CC(=O)OC[C@H]1O[C@@H](n2cnc3c(N)ncnc32)[C@H](S(C)(=O)=O)[C@H]1Cl. The maximum atomic E-state index is 12.3. The van der Waals surface area contributed by atoms with Gasteiger partial charge in [0.05, 0.1) is 11.7 Å². The number of aromatic nitrogens is 4.